The van der Waals surface area contributed by atoms with E-state index in [0.29, 0.717) is 0 Å². The number of anilines is 1. The van der Waals surface area contributed by atoms with Crippen molar-refractivity contribution in [2.75, 3.05) is 10.8 Å². The van der Waals surface area contributed by atoms with Gasteiger partial charge in [-0.15, -0.1) is 0 Å². The van der Waals surface area contributed by atoms with Gasteiger partial charge in [0.1, 0.15) is 0 Å². The lowest BCUT2D eigenvalue weighted by Crippen LogP contribution is -2.22. The largest absolute Gasteiger partial charge is 0.312 e. The number of fused-ring (bicyclic) bond motifs is 1. The molecule has 1 nitrogen and oxygen atoms in total. The van der Waals surface area contributed by atoms with Gasteiger partial charge in [-0.3, -0.25) is 0 Å². The Kier molecular flexibility index (Phi) is 2.58. The van der Waals surface area contributed by atoms with Crippen molar-refractivity contribution in [3.8, 4) is 0 Å². The summed E-state index contributed by atoms with van der Waals surface area (Å²) in [5.41, 5.74) is 2.77. The van der Waals surface area contributed by atoms with Crippen molar-refractivity contribution in [1.82, 2.24) is 0 Å². The van der Waals surface area contributed by atoms with Gasteiger partial charge >= 0.3 is 0 Å². The van der Waals surface area contributed by atoms with Crippen molar-refractivity contribution in [3.63, 3.8) is 0 Å². The summed E-state index contributed by atoms with van der Waals surface area (Å²) in [4.78, 5) is 1.39. The second-order valence-corrected chi connectivity index (χ2v) is 4.95. The molecule has 80 valence electrons. The summed E-state index contributed by atoms with van der Waals surface area (Å²) in [6.45, 7) is 1.09. The minimum Gasteiger partial charge on any atom is -0.312 e. The van der Waals surface area contributed by atoms with Gasteiger partial charge in [0.25, 0.3) is 0 Å². The first-order chi connectivity index (χ1) is 7.93. The molecule has 0 aliphatic carbocycles. The van der Waals surface area contributed by atoms with Crippen LogP contribution >= 0.6 is 11.9 Å². The van der Waals surface area contributed by atoms with Crippen LogP contribution in [0.1, 0.15) is 5.56 Å². The topological polar surface area (TPSA) is 3.24 Å². The fourth-order valence-electron chi connectivity index (χ4n) is 1.96. The first-order valence-electron chi connectivity index (χ1n) is 5.52. The molecule has 2 heteroatoms. The van der Waals surface area contributed by atoms with E-state index < -0.39 is 0 Å². The minimum absolute atomic E-state index is 1.09. The Labute approximate surface area is 100 Å². The fraction of sp³-hybridized carbons (Fsp3) is 0.143. The summed E-state index contributed by atoms with van der Waals surface area (Å²) in [6.07, 6.45) is 1.14. The molecule has 0 saturated heterocycles. The highest BCUT2D eigenvalue weighted by Crippen LogP contribution is 2.34. The molecule has 0 N–H and O–H groups in total. The lowest BCUT2D eigenvalue weighted by atomic mass is 10.1. The van der Waals surface area contributed by atoms with E-state index in [4.69, 9.17) is 0 Å². The van der Waals surface area contributed by atoms with E-state index >= 15 is 0 Å². The molecule has 1 heterocycles. The van der Waals surface area contributed by atoms with E-state index in [2.05, 4.69) is 58.9 Å². The van der Waals surface area contributed by atoms with E-state index in [1.807, 2.05) is 11.9 Å². The normalized spacial score (nSPS) is 14.6. The van der Waals surface area contributed by atoms with Crippen molar-refractivity contribution < 1.29 is 0 Å². The van der Waals surface area contributed by atoms with Crippen molar-refractivity contribution in [1.29, 1.82) is 0 Å². The predicted molar refractivity (Wildman–Crippen MR) is 69.8 cm³/mol. The maximum absolute atomic E-state index is 2.36. The molecule has 16 heavy (non-hydrogen) atoms. The molecule has 0 spiro atoms. The van der Waals surface area contributed by atoms with Gasteiger partial charge in [0.2, 0.25) is 0 Å². The second-order valence-electron chi connectivity index (χ2n) is 3.89. The van der Waals surface area contributed by atoms with Crippen LogP contribution < -0.4 is 4.31 Å². The van der Waals surface area contributed by atoms with Crippen LogP contribution in [-0.2, 0) is 6.42 Å². The molecule has 0 unspecified atom stereocenters. The van der Waals surface area contributed by atoms with E-state index in [1.165, 1.54) is 16.1 Å². The Balaban J connectivity index is 1.89. The number of hydrogen-bond donors (Lipinski definition) is 0. The molecule has 1 aliphatic heterocycles. The monoisotopic (exact) mass is 227 g/mol. The number of para-hydroxylation sites is 1. The quantitative estimate of drug-likeness (QED) is 0.682. The van der Waals surface area contributed by atoms with Gasteiger partial charge in [0.15, 0.2) is 0 Å². The summed E-state index contributed by atoms with van der Waals surface area (Å²) in [7, 11) is 0. The molecule has 0 bridgehead atoms. The Bertz CT molecular complexity index is 481. The van der Waals surface area contributed by atoms with Gasteiger partial charge < -0.3 is 4.31 Å². The van der Waals surface area contributed by atoms with Gasteiger partial charge in [0.05, 0.1) is 0 Å². The summed E-state index contributed by atoms with van der Waals surface area (Å²) >= 11 is 1.84. The summed E-state index contributed by atoms with van der Waals surface area (Å²) in [5, 5.41) is 0. The zero-order valence-electron chi connectivity index (χ0n) is 8.97. The summed E-state index contributed by atoms with van der Waals surface area (Å²) < 4.78 is 2.36. The highest BCUT2D eigenvalue weighted by molar-refractivity contribution is 8.00. The molecule has 1 aliphatic rings. The third kappa shape index (κ3) is 1.81. The molecule has 0 saturated carbocycles. The van der Waals surface area contributed by atoms with Crippen LogP contribution in [0.2, 0.25) is 0 Å². The van der Waals surface area contributed by atoms with Crippen LogP contribution in [0, 0.1) is 0 Å². The van der Waals surface area contributed by atoms with E-state index in [-0.39, 0.29) is 0 Å². The maximum Gasteiger partial charge on any atom is 0.0473 e. The van der Waals surface area contributed by atoms with Crippen LogP contribution in [-0.4, -0.2) is 6.54 Å². The predicted octanol–water partition coefficient (Wildman–Crippen LogP) is 3.76. The molecular formula is C14H13NS. The molecule has 0 atom stereocenters. The molecule has 0 aromatic heterocycles. The van der Waals surface area contributed by atoms with Crippen molar-refractivity contribution in [2.45, 2.75) is 11.3 Å². The molecule has 2 aromatic carbocycles. The van der Waals surface area contributed by atoms with E-state index in [9.17, 15) is 0 Å². The van der Waals surface area contributed by atoms with Crippen LogP contribution in [0.15, 0.2) is 59.5 Å². The highest BCUT2D eigenvalue weighted by Gasteiger charge is 2.16. The standard InChI is InChI=1S/C14H13NS/c1-2-7-13(8-3-1)15-11-10-12-6-4-5-9-14(12)16-15/h1-9H,10-11H2. The van der Waals surface area contributed by atoms with Crippen LogP contribution in [0.5, 0.6) is 0 Å². The SMILES string of the molecule is c1ccc(N2CCc3ccccc3S2)cc1. The third-order valence-electron chi connectivity index (χ3n) is 2.81. The Morgan fingerprint density at radius 1 is 0.875 bits per heavy atom. The Hall–Kier alpha value is -1.41. The zero-order valence-corrected chi connectivity index (χ0v) is 9.78. The van der Waals surface area contributed by atoms with Gasteiger partial charge in [-0.1, -0.05) is 36.4 Å². The molecule has 0 fully saturated rings. The first-order valence-corrected chi connectivity index (χ1v) is 6.29. The van der Waals surface area contributed by atoms with Gasteiger partial charge in [-0.05, 0) is 42.1 Å². The molecule has 2 aromatic rings. The van der Waals surface area contributed by atoms with E-state index in [0.717, 1.165) is 13.0 Å². The Morgan fingerprint density at radius 2 is 1.62 bits per heavy atom. The molecular weight excluding hydrogens is 214 g/mol. The first kappa shape index (κ1) is 9.79. The van der Waals surface area contributed by atoms with Gasteiger partial charge in [-0.2, -0.15) is 0 Å². The fourth-order valence-corrected chi connectivity index (χ4v) is 3.04. The van der Waals surface area contributed by atoms with Crippen LogP contribution in [0.4, 0.5) is 5.69 Å². The average molecular weight is 227 g/mol. The summed E-state index contributed by atoms with van der Waals surface area (Å²) in [5.74, 6) is 0. The number of nitrogens with zero attached hydrogens (tertiary/aromatic N) is 1. The minimum atomic E-state index is 1.09. The van der Waals surface area contributed by atoms with Gasteiger partial charge in [-0.25, -0.2) is 0 Å². The maximum atomic E-state index is 2.36. The lowest BCUT2D eigenvalue weighted by molar-refractivity contribution is 0.916. The number of rotatable bonds is 1. The Morgan fingerprint density at radius 3 is 2.50 bits per heavy atom. The lowest BCUT2D eigenvalue weighted by Gasteiger charge is -2.28. The molecule has 0 amide bonds. The third-order valence-corrected chi connectivity index (χ3v) is 4.02. The number of hydrogen-bond acceptors (Lipinski definition) is 2. The smallest absolute Gasteiger partial charge is 0.0473 e. The van der Waals surface area contributed by atoms with Crippen molar-refractivity contribution >= 4 is 17.6 Å². The molecule has 3 rings (SSSR count). The zero-order chi connectivity index (χ0) is 10.8. The van der Waals surface area contributed by atoms with Crippen LogP contribution in [0.3, 0.4) is 0 Å². The number of benzene rings is 2. The highest BCUT2D eigenvalue weighted by atomic mass is 32.2. The molecule has 0 radical (unpaired) electrons. The van der Waals surface area contributed by atoms with E-state index in [1.54, 1.807) is 0 Å². The average Bonchev–Trinajstić information content (AvgIpc) is 2.39. The van der Waals surface area contributed by atoms with Crippen LogP contribution in [0.25, 0.3) is 0 Å². The van der Waals surface area contributed by atoms with Crippen molar-refractivity contribution in [3.05, 3.63) is 60.2 Å². The summed E-state index contributed by atoms with van der Waals surface area (Å²) in [6, 6.07) is 19.2. The van der Waals surface area contributed by atoms with Gasteiger partial charge in [0, 0.05) is 17.1 Å². The second kappa shape index (κ2) is 4.22. The van der Waals surface area contributed by atoms with Crippen molar-refractivity contribution in [2.24, 2.45) is 0 Å².